The van der Waals surface area contributed by atoms with Crippen molar-refractivity contribution in [2.24, 2.45) is 0 Å². The molecule has 50 nitrogen and oxygen atoms in total. The van der Waals surface area contributed by atoms with Crippen LogP contribution in [0.3, 0.4) is 0 Å². The van der Waals surface area contributed by atoms with E-state index in [0.717, 1.165) is 0 Å². The maximum atomic E-state index is 0. The first-order valence-electron chi connectivity index (χ1n) is 0. The second kappa shape index (κ2) is 2500. The van der Waals surface area contributed by atoms with Gasteiger partial charge in [-0.05, 0) is 0 Å². The van der Waals surface area contributed by atoms with Crippen LogP contribution in [0.1, 0.15) is 0 Å². The molecule has 0 saturated carbocycles. The zero-order valence-electron chi connectivity index (χ0n) is 95.7. The van der Waals surface area contributed by atoms with Gasteiger partial charge in [-0.1, -0.05) is 0 Å². The zero-order chi connectivity index (χ0) is 0. The fourth-order valence-corrected chi connectivity index (χ4v) is 0. The molecule has 0 aliphatic carbocycles. The van der Waals surface area contributed by atoms with Crippen LogP contribution in [0.4, 0.5) is 0 Å². The van der Waals surface area contributed by atoms with E-state index in [1.807, 2.05) is 0 Å². The molecular formula is H100O50Zn100. The Kier molecular flexibility index (Phi) is 42100. The van der Waals surface area contributed by atoms with Gasteiger partial charge in [0.25, 0.3) is 0 Å². The first-order valence-corrected chi connectivity index (χ1v) is 0. The smallest absolute Gasteiger partial charge is 0 e. The Labute approximate surface area is 2160 Å². The fraction of sp³-hybridized carbons (Fsp3) is 0. The summed E-state index contributed by atoms with van der Waals surface area (Å²) in [5.41, 5.74) is 0. The minimum Gasteiger partial charge on any atom is -0.412 e. The Bertz CT molecular complexity index is 138. The monoisotopic (exact) mass is 7290 g/mol. The van der Waals surface area contributed by atoms with Gasteiger partial charge in [0.2, 0.25) is 0 Å². The van der Waals surface area contributed by atoms with E-state index in [4.69, 9.17) is 0 Å². The normalized spacial score (nSPS) is 0. The summed E-state index contributed by atoms with van der Waals surface area (Å²) in [7, 11) is 0. The van der Waals surface area contributed by atoms with Crippen LogP contribution >= 0.6 is 0 Å². The van der Waals surface area contributed by atoms with E-state index in [1.54, 1.807) is 0 Å². The molecule has 0 saturated heterocycles. The van der Waals surface area contributed by atoms with Crippen LogP contribution in [0, 0.1) is 0 Å². The SMILES string of the molecule is O.O.O.O.O.O.O.O.O.O.O.O.O.O.O.O.O.O.O.O.O.O.O.O.O.O.O.O.O.O.O.O.O.O.O.O.O.O.O.O.O.O.O.O.O.O.O.O.O.O.[Zn].[Zn].[Zn].[Zn].[Zn].[Zn].[Zn].[Zn].[Zn].[Zn].[Zn].[Zn].[Zn].[Zn].[Zn].[Zn].[Zn].[Zn].[Zn].[Zn].[Zn].[Zn].[Zn].[Zn].[Zn].[Zn].[Zn].[Zn].[Zn].[Zn].[Zn].[Zn].[Zn].[Zn].[Zn].[Zn].[Zn].[Zn].[Zn].[Zn].[Zn].[Zn].[Zn].[Zn].[Zn].[Zn].[Zn].[Zn].[Zn].[Zn].[Zn].[Zn].[Zn].[Zn].[Zn].[Zn].[Zn].[Zn].[Zn].[Zn].[Zn].[Zn].[Zn].[Zn].[Zn].[Zn].[Zn].[Zn].[Zn].[Zn].[Zn].[Zn].[Zn].[Zn].[Zn].[Zn].[Zn].[Zn].[Zn].[Zn].[Zn].[Zn].[Zn].[Zn].[Zn].[Zn].[Zn].[Zn].[Zn].[Zn].[Zn].[Zn].[Zn].[Zn].[Zn].[Zn].[Zn].[Zn].[Zn].[Zn]. The van der Waals surface area contributed by atoms with Crippen molar-refractivity contribution in [2.45, 2.75) is 0 Å². The summed E-state index contributed by atoms with van der Waals surface area (Å²) in [5.74, 6) is 0. The summed E-state index contributed by atoms with van der Waals surface area (Å²) < 4.78 is 0. The molecule has 0 aliphatic rings. The molecule has 0 radical (unpaired) electrons. The molecule has 0 aliphatic heterocycles. The minimum atomic E-state index is 0. The molecule has 0 aromatic carbocycles. The van der Waals surface area contributed by atoms with Crippen molar-refractivity contribution in [3.8, 4) is 0 Å². The molecule has 0 rings (SSSR count). The summed E-state index contributed by atoms with van der Waals surface area (Å²) in [5, 5.41) is 0. The van der Waals surface area contributed by atoms with Crippen molar-refractivity contribution >= 4 is 0 Å². The summed E-state index contributed by atoms with van der Waals surface area (Å²) in [4.78, 5) is 0. The van der Waals surface area contributed by atoms with Crippen LogP contribution in [0.15, 0.2) is 0 Å². The maximum Gasteiger partial charge on any atom is 0 e. The molecule has 150 heteroatoms. The van der Waals surface area contributed by atoms with Gasteiger partial charge < -0.3 is 274 Å². The van der Waals surface area contributed by atoms with E-state index in [2.05, 4.69) is 0 Å². The van der Waals surface area contributed by atoms with Crippen LogP contribution in [0.5, 0.6) is 0 Å². The Morgan fingerprint density at radius 3 is 0.0133 bits per heavy atom. The molecule has 600 valence electrons. The minimum absolute atomic E-state index is 0. The van der Waals surface area contributed by atoms with Gasteiger partial charge in [0.15, 0.2) is 0 Å². The van der Waals surface area contributed by atoms with Crippen molar-refractivity contribution < 1.29 is 2220 Å². The van der Waals surface area contributed by atoms with Gasteiger partial charge in [-0.25, -0.2) is 0 Å². The summed E-state index contributed by atoms with van der Waals surface area (Å²) >= 11 is 0. The van der Waals surface area contributed by atoms with Crippen LogP contribution in [-0.2, 0) is 1950 Å². The number of hydrogen-bond acceptors (Lipinski definition) is 0. The fourth-order valence-electron chi connectivity index (χ4n) is 0. The third kappa shape index (κ3) is 2460. The average molecular weight is 7440 g/mol. The summed E-state index contributed by atoms with van der Waals surface area (Å²) in [6.07, 6.45) is 0. The van der Waals surface area contributed by atoms with Gasteiger partial charge in [0, 0.05) is 1950 Å². The van der Waals surface area contributed by atoms with E-state index in [-0.39, 0.29) is 2220 Å². The molecule has 0 aromatic rings. The molecule has 0 bridgehead atoms. The molecule has 150 heavy (non-hydrogen) atoms. The largest absolute Gasteiger partial charge is 0.412 e. The first-order chi connectivity index (χ1) is 0. The second-order valence-corrected chi connectivity index (χ2v) is 0. The molecular weight excluding hydrogens is 7340 g/mol. The summed E-state index contributed by atoms with van der Waals surface area (Å²) in [6.45, 7) is 0. The number of hydrogen-bond donors (Lipinski definition) is 0. The zero-order valence-corrected chi connectivity index (χ0v) is 392. The second-order valence-electron chi connectivity index (χ2n) is 0. The Morgan fingerprint density at radius 2 is 0.0133 bits per heavy atom. The van der Waals surface area contributed by atoms with Gasteiger partial charge in [-0.15, -0.1) is 0 Å². The average Bonchev–Trinajstić information content (AvgIpc) is 0. The molecule has 0 spiro atoms. The molecule has 0 heterocycles. The van der Waals surface area contributed by atoms with E-state index < -0.39 is 0 Å². The Morgan fingerprint density at radius 1 is 0.0133 bits per heavy atom. The molecule has 100 N–H and O–H groups in total. The topological polar surface area (TPSA) is 1580 Å². The van der Waals surface area contributed by atoms with Crippen molar-refractivity contribution in [3.05, 3.63) is 0 Å². The van der Waals surface area contributed by atoms with E-state index >= 15 is 0 Å². The van der Waals surface area contributed by atoms with Crippen molar-refractivity contribution in [1.82, 2.24) is 0 Å². The van der Waals surface area contributed by atoms with E-state index in [0.29, 0.717) is 0 Å². The van der Waals surface area contributed by atoms with Crippen LogP contribution in [0.25, 0.3) is 0 Å². The third-order valence-electron chi connectivity index (χ3n) is 0. The van der Waals surface area contributed by atoms with Crippen LogP contribution in [0.2, 0.25) is 0 Å². The molecule has 0 unspecified atom stereocenters. The standard InChI is InChI=1S/50H2O.100Zn/h50*1H2;;;;;;;;;;;;;;;;;;;;;;;;;;;;;;;;;;;;;;;;;;;;;;;;;;;;;;;;;;;;;;;;;;;;;;;;;;;;;;;;;;;;;;;;;;;;;;;;;;;;. The predicted octanol–water partition coefficient (Wildman–Crippen LogP) is -41.5. The first kappa shape index (κ1) is 2530. The van der Waals surface area contributed by atoms with Gasteiger partial charge in [0.1, 0.15) is 0 Å². The number of rotatable bonds is 0. The van der Waals surface area contributed by atoms with Crippen molar-refractivity contribution in [1.29, 1.82) is 0 Å². The van der Waals surface area contributed by atoms with Gasteiger partial charge in [-0.3, -0.25) is 0 Å². The van der Waals surface area contributed by atoms with E-state index in [9.17, 15) is 0 Å². The van der Waals surface area contributed by atoms with Crippen molar-refractivity contribution in [2.75, 3.05) is 0 Å². The quantitative estimate of drug-likeness (QED) is 0.204. The molecule has 0 fully saturated rings. The van der Waals surface area contributed by atoms with Crippen LogP contribution in [-0.4, -0.2) is 274 Å². The predicted molar refractivity (Wildman–Crippen MR) is 181 cm³/mol. The molecule has 0 amide bonds. The third-order valence-corrected chi connectivity index (χ3v) is 0. The van der Waals surface area contributed by atoms with E-state index in [1.165, 1.54) is 0 Å². The Balaban J connectivity index is 0. The maximum absolute atomic E-state index is 0. The van der Waals surface area contributed by atoms with Crippen LogP contribution < -0.4 is 0 Å². The summed E-state index contributed by atoms with van der Waals surface area (Å²) in [6, 6.07) is 0. The van der Waals surface area contributed by atoms with Gasteiger partial charge >= 0.3 is 0 Å². The Hall–Kier alpha value is 60.3. The molecule has 0 aromatic heterocycles. The molecule has 0 atom stereocenters. The van der Waals surface area contributed by atoms with Crippen molar-refractivity contribution in [3.63, 3.8) is 0 Å². The van der Waals surface area contributed by atoms with Gasteiger partial charge in [-0.2, -0.15) is 0 Å². The van der Waals surface area contributed by atoms with Gasteiger partial charge in [0.05, 0.1) is 0 Å².